The molecule has 0 amide bonds. The molecule has 0 spiro atoms. The van der Waals surface area contributed by atoms with Crippen LogP contribution in [0.15, 0.2) is 60.8 Å². The predicted octanol–water partition coefficient (Wildman–Crippen LogP) is 11.8. The van der Waals surface area contributed by atoms with Crippen LogP contribution in [0.1, 0.15) is 162 Å². The topological polar surface area (TPSA) is 63.6 Å². The highest BCUT2D eigenvalue weighted by molar-refractivity contribution is 5.69. The molecule has 1 N–H and O–H groups in total. The molecule has 0 fully saturated rings. The number of esters is 1. The molecular weight excluding hydrogens is 520 g/mol. The van der Waals surface area contributed by atoms with Gasteiger partial charge in [-0.1, -0.05) is 126 Å². The monoisotopic (exact) mass is 584 g/mol. The molecule has 0 rings (SSSR count). The average Bonchev–Trinajstić information content (AvgIpc) is 2.97. The third-order valence-electron chi connectivity index (χ3n) is 7.21. The minimum absolute atomic E-state index is 0.0805. The van der Waals surface area contributed by atoms with Crippen LogP contribution < -0.4 is 0 Å². The van der Waals surface area contributed by atoms with E-state index in [0.29, 0.717) is 6.42 Å². The molecule has 0 aliphatic carbocycles. The Bertz CT molecular complexity index is 759. The van der Waals surface area contributed by atoms with Crippen molar-refractivity contribution in [2.75, 3.05) is 0 Å². The molecule has 0 aromatic heterocycles. The summed E-state index contributed by atoms with van der Waals surface area (Å²) in [7, 11) is 0. The van der Waals surface area contributed by atoms with E-state index in [2.05, 4.69) is 74.6 Å². The van der Waals surface area contributed by atoms with Gasteiger partial charge < -0.3 is 9.84 Å². The van der Waals surface area contributed by atoms with Crippen LogP contribution in [0.2, 0.25) is 0 Å². The summed E-state index contributed by atoms with van der Waals surface area (Å²) in [5.41, 5.74) is 0. The van der Waals surface area contributed by atoms with E-state index < -0.39 is 5.97 Å². The second kappa shape index (κ2) is 33.1. The lowest BCUT2D eigenvalue weighted by atomic mass is 10.0. The van der Waals surface area contributed by atoms with Crippen molar-refractivity contribution in [3.05, 3.63) is 60.8 Å². The SMILES string of the molecule is CC/C=C\C/C=C\C/C=C\C/C=C\CCCCC(=O)OC(/C=C\CCCCCCCC)CCCCCCCCC(=O)O. The zero-order valence-corrected chi connectivity index (χ0v) is 27.3. The lowest BCUT2D eigenvalue weighted by Crippen LogP contribution is -2.16. The Morgan fingerprint density at radius 3 is 1.71 bits per heavy atom. The first-order valence-corrected chi connectivity index (χ1v) is 17.3. The van der Waals surface area contributed by atoms with Gasteiger partial charge in [0.15, 0.2) is 0 Å². The van der Waals surface area contributed by atoms with Crippen molar-refractivity contribution in [3.63, 3.8) is 0 Å². The van der Waals surface area contributed by atoms with Crippen molar-refractivity contribution in [1.82, 2.24) is 0 Å². The average molecular weight is 585 g/mol. The molecule has 1 atom stereocenters. The van der Waals surface area contributed by atoms with E-state index >= 15 is 0 Å². The van der Waals surface area contributed by atoms with Crippen LogP contribution in [0.3, 0.4) is 0 Å². The first kappa shape index (κ1) is 39.6. The van der Waals surface area contributed by atoms with Crippen molar-refractivity contribution in [2.45, 2.75) is 168 Å². The maximum atomic E-state index is 12.5. The van der Waals surface area contributed by atoms with Crippen LogP contribution in [0, 0.1) is 0 Å². The Morgan fingerprint density at radius 1 is 0.571 bits per heavy atom. The summed E-state index contributed by atoms with van der Waals surface area (Å²) in [4.78, 5) is 23.2. The number of unbranched alkanes of at least 4 members (excludes halogenated alkanes) is 13. The molecular formula is C38H64O4. The maximum Gasteiger partial charge on any atom is 0.306 e. The Labute approximate surface area is 259 Å². The Hall–Kier alpha value is -2.36. The van der Waals surface area contributed by atoms with Crippen molar-refractivity contribution < 1.29 is 19.4 Å². The molecule has 0 saturated heterocycles. The van der Waals surface area contributed by atoms with Gasteiger partial charge in [0.05, 0.1) is 0 Å². The number of carboxylic acid groups (broad SMARTS) is 1. The van der Waals surface area contributed by atoms with Crippen molar-refractivity contribution in [2.24, 2.45) is 0 Å². The van der Waals surface area contributed by atoms with Crippen LogP contribution in [0.4, 0.5) is 0 Å². The standard InChI is InChI=1S/C38H64O4/c1-3-5-7-9-11-13-14-15-16-17-18-19-21-27-31-35-38(41)42-36(32-28-24-20-12-10-8-6-4-2)33-29-25-22-23-26-30-34-37(39)40/h5,7,11,13,15-16,18-19,28,32,36H,3-4,6,8-10,12,14,17,20-27,29-31,33-35H2,1-2H3,(H,39,40)/b7-5-,13-11-,16-15-,19-18-,32-28-. The smallest absolute Gasteiger partial charge is 0.306 e. The zero-order chi connectivity index (χ0) is 30.8. The number of carbonyl (C=O) groups is 2. The van der Waals surface area contributed by atoms with E-state index in [1.807, 2.05) is 0 Å². The molecule has 0 aromatic carbocycles. The fourth-order valence-electron chi connectivity index (χ4n) is 4.67. The highest BCUT2D eigenvalue weighted by Gasteiger charge is 2.11. The van der Waals surface area contributed by atoms with Gasteiger partial charge in [-0.2, -0.15) is 0 Å². The molecule has 42 heavy (non-hydrogen) atoms. The van der Waals surface area contributed by atoms with E-state index in [-0.39, 0.29) is 18.5 Å². The van der Waals surface area contributed by atoms with E-state index in [1.54, 1.807) is 0 Å². The summed E-state index contributed by atoms with van der Waals surface area (Å²) >= 11 is 0. The number of hydrogen-bond acceptors (Lipinski definition) is 3. The number of aliphatic carboxylic acids is 1. The molecule has 0 bridgehead atoms. The number of ether oxygens (including phenoxy) is 1. The van der Waals surface area contributed by atoms with E-state index in [0.717, 1.165) is 96.3 Å². The summed E-state index contributed by atoms with van der Waals surface area (Å²) in [5.74, 6) is -0.787. The van der Waals surface area contributed by atoms with Crippen LogP contribution in [0.25, 0.3) is 0 Å². The van der Waals surface area contributed by atoms with E-state index in [9.17, 15) is 9.59 Å². The predicted molar refractivity (Wildman–Crippen MR) is 181 cm³/mol. The maximum absolute atomic E-state index is 12.5. The molecule has 4 heteroatoms. The zero-order valence-electron chi connectivity index (χ0n) is 27.3. The lowest BCUT2D eigenvalue weighted by molar-refractivity contribution is -0.147. The fraction of sp³-hybridized carbons (Fsp3) is 0.684. The third-order valence-corrected chi connectivity index (χ3v) is 7.21. The minimum Gasteiger partial charge on any atom is -0.481 e. The fourth-order valence-corrected chi connectivity index (χ4v) is 4.67. The molecule has 0 heterocycles. The molecule has 0 aliphatic rings. The summed E-state index contributed by atoms with van der Waals surface area (Å²) in [6.07, 6.45) is 45.3. The number of hydrogen-bond donors (Lipinski definition) is 1. The number of rotatable bonds is 30. The second-order valence-electron chi connectivity index (χ2n) is 11.3. The summed E-state index contributed by atoms with van der Waals surface area (Å²) in [6.45, 7) is 4.40. The lowest BCUT2D eigenvalue weighted by Gasteiger charge is -2.15. The second-order valence-corrected chi connectivity index (χ2v) is 11.3. The van der Waals surface area contributed by atoms with Crippen molar-refractivity contribution in [1.29, 1.82) is 0 Å². The first-order valence-electron chi connectivity index (χ1n) is 17.3. The summed E-state index contributed by atoms with van der Waals surface area (Å²) in [6, 6.07) is 0. The van der Waals surface area contributed by atoms with Crippen LogP contribution in [0.5, 0.6) is 0 Å². The van der Waals surface area contributed by atoms with Crippen molar-refractivity contribution in [3.8, 4) is 0 Å². The van der Waals surface area contributed by atoms with Gasteiger partial charge in [0.25, 0.3) is 0 Å². The third kappa shape index (κ3) is 32.2. The number of allylic oxidation sites excluding steroid dienone is 9. The van der Waals surface area contributed by atoms with Crippen LogP contribution >= 0.6 is 0 Å². The Balaban J connectivity index is 4.20. The molecule has 4 nitrogen and oxygen atoms in total. The van der Waals surface area contributed by atoms with Gasteiger partial charge in [-0.25, -0.2) is 0 Å². The minimum atomic E-state index is -0.706. The van der Waals surface area contributed by atoms with Crippen LogP contribution in [-0.4, -0.2) is 23.1 Å². The van der Waals surface area contributed by atoms with Crippen molar-refractivity contribution >= 4 is 11.9 Å². The van der Waals surface area contributed by atoms with E-state index in [4.69, 9.17) is 9.84 Å². The van der Waals surface area contributed by atoms with Gasteiger partial charge in [0.1, 0.15) is 6.10 Å². The van der Waals surface area contributed by atoms with Gasteiger partial charge in [-0.15, -0.1) is 0 Å². The number of carbonyl (C=O) groups excluding carboxylic acids is 1. The molecule has 0 aliphatic heterocycles. The molecule has 0 aromatic rings. The summed E-state index contributed by atoms with van der Waals surface area (Å²) in [5, 5.41) is 8.75. The van der Waals surface area contributed by atoms with Gasteiger partial charge >= 0.3 is 11.9 Å². The Morgan fingerprint density at radius 2 is 1.07 bits per heavy atom. The van der Waals surface area contributed by atoms with Gasteiger partial charge in [-0.05, 0) is 83.1 Å². The van der Waals surface area contributed by atoms with Crippen LogP contribution in [-0.2, 0) is 14.3 Å². The summed E-state index contributed by atoms with van der Waals surface area (Å²) < 4.78 is 5.87. The first-order chi connectivity index (χ1) is 20.6. The van der Waals surface area contributed by atoms with Gasteiger partial charge in [-0.3, -0.25) is 9.59 Å². The van der Waals surface area contributed by atoms with Gasteiger partial charge in [0, 0.05) is 12.8 Å². The molecule has 240 valence electrons. The molecule has 0 saturated carbocycles. The highest BCUT2D eigenvalue weighted by atomic mass is 16.5. The molecule has 1 unspecified atom stereocenters. The normalized spacial score (nSPS) is 13.0. The van der Waals surface area contributed by atoms with E-state index in [1.165, 1.54) is 38.5 Å². The van der Waals surface area contributed by atoms with Gasteiger partial charge in [0.2, 0.25) is 0 Å². The highest BCUT2D eigenvalue weighted by Crippen LogP contribution is 2.15. The largest absolute Gasteiger partial charge is 0.481 e. The molecule has 0 radical (unpaired) electrons. The Kier molecular flexibility index (Phi) is 31.3. The quantitative estimate of drug-likeness (QED) is 0.0518. The number of carboxylic acids is 1.